The van der Waals surface area contributed by atoms with E-state index < -0.39 is 0 Å². The largest absolute Gasteiger partial charge is 0.336 e. The van der Waals surface area contributed by atoms with E-state index in [-0.39, 0.29) is 5.91 Å². The fraction of sp³-hybridized carbons (Fsp3) is 0.533. The lowest BCUT2D eigenvalue weighted by Gasteiger charge is -2.39. The van der Waals surface area contributed by atoms with Gasteiger partial charge in [0.05, 0.1) is 6.54 Å². The molecule has 0 radical (unpaired) electrons. The fourth-order valence-electron chi connectivity index (χ4n) is 2.51. The zero-order valence-corrected chi connectivity index (χ0v) is 11.8. The molecule has 1 amide bonds. The van der Waals surface area contributed by atoms with Gasteiger partial charge in [0.1, 0.15) is 0 Å². The van der Waals surface area contributed by atoms with Crippen molar-refractivity contribution in [1.29, 1.82) is 0 Å². The highest BCUT2D eigenvalue weighted by molar-refractivity contribution is 5.79. The number of amides is 1. The quantitative estimate of drug-likeness (QED) is 0.879. The highest BCUT2D eigenvalue weighted by atomic mass is 16.2. The van der Waals surface area contributed by atoms with Crippen LogP contribution >= 0.6 is 0 Å². The van der Waals surface area contributed by atoms with Gasteiger partial charge in [-0.15, -0.1) is 0 Å². The van der Waals surface area contributed by atoms with E-state index in [1.165, 1.54) is 11.1 Å². The van der Waals surface area contributed by atoms with E-state index >= 15 is 0 Å². The topological polar surface area (TPSA) is 49.6 Å². The summed E-state index contributed by atoms with van der Waals surface area (Å²) in [5, 5.41) is 0. The second kappa shape index (κ2) is 6.17. The van der Waals surface area contributed by atoms with Crippen LogP contribution in [0.3, 0.4) is 0 Å². The van der Waals surface area contributed by atoms with Crippen LogP contribution in [0.4, 0.5) is 0 Å². The van der Waals surface area contributed by atoms with Crippen LogP contribution in [0.2, 0.25) is 0 Å². The Labute approximate surface area is 115 Å². The van der Waals surface area contributed by atoms with Crippen molar-refractivity contribution in [3.8, 4) is 0 Å². The van der Waals surface area contributed by atoms with E-state index in [1.54, 1.807) is 0 Å². The number of rotatable bonds is 4. The lowest BCUT2D eigenvalue weighted by Crippen LogP contribution is -2.54. The lowest BCUT2D eigenvalue weighted by molar-refractivity contribution is -0.138. The minimum atomic E-state index is 0.205. The summed E-state index contributed by atoms with van der Waals surface area (Å²) in [6.45, 7) is 4.72. The third kappa shape index (κ3) is 3.55. The Morgan fingerprint density at radius 3 is 2.63 bits per heavy atom. The molecule has 0 aliphatic carbocycles. The molecule has 4 nitrogen and oxygen atoms in total. The third-order valence-corrected chi connectivity index (χ3v) is 3.79. The van der Waals surface area contributed by atoms with Crippen LogP contribution in [0.5, 0.6) is 0 Å². The molecular formula is C15H23N3O. The fourth-order valence-corrected chi connectivity index (χ4v) is 2.51. The van der Waals surface area contributed by atoms with Gasteiger partial charge in [-0.05, 0) is 32.5 Å². The van der Waals surface area contributed by atoms with Gasteiger partial charge >= 0.3 is 0 Å². The number of aryl methyl sites for hydroxylation is 1. The molecule has 0 bridgehead atoms. The van der Waals surface area contributed by atoms with Crippen LogP contribution in [0.15, 0.2) is 24.3 Å². The van der Waals surface area contributed by atoms with Crippen molar-refractivity contribution in [2.24, 2.45) is 5.73 Å². The second-order valence-corrected chi connectivity index (χ2v) is 5.41. The van der Waals surface area contributed by atoms with Gasteiger partial charge in [-0.2, -0.15) is 0 Å². The highest BCUT2D eigenvalue weighted by Crippen LogP contribution is 2.15. The molecule has 1 unspecified atom stereocenters. The Hall–Kier alpha value is -1.39. The monoisotopic (exact) mass is 261 g/mol. The van der Waals surface area contributed by atoms with Crippen LogP contribution in [-0.4, -0.2) is 48.4 Å². The van der Waals surface area contributed by atoms with Crippen molar-refractivity contribution >= 4 is 5.91 Å². The molecule has 1 aliphatic rings. The zero-order valence-electron chi connectivity index (χ0n) is 11.8. The standard InChI is InChI=1S/C15H23N3O/c1-12-3-5-13(6-4-12)9-18-10-14(7-8-16)17(2)11-15(18)19/h3-6,14H,7-11,16H2,1-2H3. The summed E-state index contributed by atoms with van der Waals surface area (Å²) in [6, 6.07) is 8.76. The summed E-state index contributed by atoms with van der Waals surface area (Å²) >= 11 is 0. The average molecular weight is 261 g/mol. The third-order valence-electron chi connectivity index (χ3n) is 3.79. The smallest absolute Gasteiger partial charge is 0.237 e. The number of likely N-dealkylation sites (N-methyl/N-ethyl adjacent to an activating group) is 1. The summed E-state index contributed by atoms with van der Waals surface area (Å²) in [5.74, 6) is 0.205. The summed E-state index contributed by atoms with van der Waals surface area (Å²) in [6.07, 6.45) is 0.939. The first-order valence-electron chi connectivity index (χ1n) is 6.84. The Balaban J connectivity index is 2.02. The maximum Gasteiger partial charge on any atom is 0.237 e. The molecule has 1 atom stereocenters. The van der Waals surface area contributed by atoms with Crippen LogP contribution in [-0.2, 0) is 11.3 Å². The number of hydrogen-bond acceptors (Lipinski definition) is 3. The van der Waals surface area contributed by atoms with Gasteiger partial charge < -0.3 is 10.6 Å². The van der Waals surface area contributed by atoms with Crippen LogP contribution in [0, 0.1) is 6.92 Å². The predicted octanol–water partition coefficient (Wildman–Crippen LogP) is 0.986. The maximum atomic E-state index is 12.1. The molecule has 104 valence electrons. The first-order valence-corrected chi connectivity index (χ1v) is 6.84. The summed E-state index contributed by atoms with van der Waals surface area (Å²) < 4.78 is 0. The maximum absolute atomic E-state index is 12.1. The average Bonchev–Trinajstić information content (AvgIpc) is 2.38. The Bertz CT molecular complexity index is 430. The number of nitrogens with two attached hydrogens (primary N) is 1. The van der Waals surface area contributed by atoms with Crippen LogP contribution in [0.25, 0.3) is 0 Å². The molecule has 0 saturated carbocycles. The van der Waals surface area contributed by atoms with E-state index in [9.17, 15) is 4.79 Å². The van der Waals surface area contributed by atoms with Crippen LogP contribution in [0.1, 0.15) is 17.5 Å². The van der Waals surface area contributed by atoms with E-state index in [2.05, 4.69) is 36.1 Å². The molecular weight excluding hydrogens is 238 g/mol. The van der Waals surface area contributed by atoms with Gasteiger partial charge in [-0.25, -0.2) is 0 Å². The molecule has 1 aromatic carbocycles. The summed E-state index contributed by atoms with van der Waals surface area (Å²) in [5.41, 5.74) is 8.08. The van der Waals surface area contributed by atoms with Gasteiger partial charge in [0.25, 0.3) is 0 Å². The number of hydrogen-bond donors (Lipinski definition) is 1. The molecule has 4 heteroatoms. The van der Waals surface area contributed by atoms with Gasteiger partial charge in [0.2, 0.25) is 5.91 Å². The minimum absolute atomic E-state index is 0.205. The van der Waals surface area contributed by atoms with Crippen molar-refractivity contribution in [3.05, 3.63) is 35.4 Å². The lowest BCUT2D eigenvalue weighted by atomic mass is 10.1. The zero-order chi connectivity index (χ0) is 13.8. The number of carbonyl (C=O) groups is 1. The van der Waals surface area contributed by atoms with Crippen molar-refractivity contribution in [2.75, 3.05) is 26.7 Å². The number of benzene rings is 1. The predicted molar refractivity (Wildman–Crippen MR) is 76.7 cm³/mol. The van der Waals surface area contributed by atoms with Crippen molar-refractivity contribution in [1.82, 2.24) is 9.80 Å². The van der Waals surface area contributed by atoms with E-state index in [1.807, 2.05) is 11.9 Å². The highest BCUT2D eigenvalue weighted by Gasteiger charge is 2.28. The number of piperazine rings is 1. The van der Waals surface area contributed by atoms with Gasteiger partial charge in [-0.1, -0.05) is 29.8 Å². The van der Waals surface area contributed by atoms with E-state index in [0.29, 0.717) is 25.7 Å². The number of nitrogens with zero attached hydrogens (tertiary/aromatic N) is 2. The molecule has 2 rings (SSSR count). The van der Waals surface area contributed by atoms with Crippen molar-refractivity contribution in [2.45, 2.75) is 25.9 Å². The molecule has 0 aromatic heterocycles. The molecule has 1 aliphatic heterocycles. The molecule has 2 N–H and O–H groups in total. The first-order chi connectivity index (χ1) is 9.10. The van der Waals surface area contributed by atoms with E-state index in [4.69, 9.17) is 5.73 Å². The summed E-state index contributed by atoms with van der Waals surface area (Å²) in [7, 11) is 2.00. The molecule has 1 aromatic rings. The first kappa shape index (κ1) is 14.0. The van der Waals surface area contributed by atoms with Gasteiger partial charge in [-0.3, -0.25) is 9.69 Å². The van der Waals surface area contributed by atoms with Crippen LogP contribution < -0.4 is 5.73 Å². The molecule has 0 spiro atoms. The minimum Gasteiger partial charge on any atom is -0.336 e. The van der Waals surface area contributed by atoms with Crippen molar-refractivity contribution < 1.29 is 4.79 Å². The Morgan fingerprint density at radius 1 is 1.32 bits per heavy atom. The SMILES string of the molecule is Cc1ccc(CN2CC(CCN)N(C)CC2=O)cc1. The van der Waals surface area contributed by atoms with Gasteiger partial charge in [0, 0.05) is 19.1 Å². The molecule has 1 fully saturated rings. The normalized spacial score (nSPS) is 20.9. The van der Waals surface area contributed by atoms with E-state index in [0.717, 1.165) is 13.0 Å². The Kier molecular flexibility index (Phi) is 4.56. The number of carbonyl (C=O) groups excluding carboxylic acids is 1. The Morgan fingerprint density at radius 2 is 2.00 bits per heavy atom. The molecule has 19 heavy (non-hydrogen) atoms. The van der Waals surface area contributed by atoms with Gasteiger partial charge in [0.15, 0.2) is 0 Å². The molecule has 1 heterocycles. The molecule has 1 saturated heterocycles. The second-order valence-electron chi connectivity index (χ2n) is 5.41. The summed E-state index contributed by atoms with van der Waals surface area (Å²) in [4.78, 5) is 16.1. The van der Waals surface area contributed by atoms with Crippen molar-refractivity contribution in [3.63, 3.8) is 0 Å².